The molecule has 1 aromatic heterocycles. The minimum atomic E-state index is 0.266. The number of carbonyl (C=O) groups excluding carboxylic acids is 1. The maximum absolute atomic E-state index is 11.5. The fourth-order valence-electron chi connectivity index (χ4n) is 1.73. The van der Waals surface area contributed by atoms with Crippen LogP contribution in [0.25, 0.3) is 0 Å². The molecule has 0 saturated carbocycles. The molecular weight excluding hydrogens is 150 g/mol. The van der Waals surface area contributed by atoms with Crippen LogP contribution in [-0.2, 0) is 6.42 Å². The van der Waals surface area contributed by atoms with E-state index in [0.29, 0.717) is 6.42 Å². The molecule has 62 valence electrons. The van der Waals surface area contributed by atoms with Crippen LogP contribution in [0.15, 0.2) is 12.3 Å². The highest BCUT2D eigenvalue weighted by molar-refractivity contribution is 5.99. The van der Waals surface area contributed by atoms with Crippen LogP contribution in [0.5, 0.6) is 0 Å². The largest absolute Gasteiger partial charge is 0.294 e. The lowest BCUT2D eigenvalue weighted by atomic mass is 9.92. The molecule has 0 bridgehead atoms. The number of aryl methyl sites for hydroxylation is 2. The summed E-state index contributed by atoms with van der Waals surface area (Å²) in [5.74, 6) is 0.266. The summed E-state index contributed by atoms with van der Waals surface area (Å²) in [4.78, 5) is 15.7. The predicted molar refractivity (Wildman–Crippen MR) is 46.2 cm³/mol. The third kappa shape index (κ3) is 1.04. The molecule has 0 amide bonds. The smallest absolute Gasteiger partial charge is 0.164 e. The molecule has 12 heavy (non-hydrogen) atoms. The van der Waals surface area contributed by atoms with E-state index in [2.05, 4.69) is 4.98 Å². The maximum atomic E-state index is 11.5. The molecule has 1 aromatic rings. The van der Waals surface area contributed by atoms with Gasteiger partial charge in [0.15, 0.2) is 5.78 Å². The third-order valence-electron chi connectivity index (χ3n) is 2.33. The zero-order valence-corrected chi connectivity index (χ0v) is 7.13. The van der Waals surface area contributed by atoms with Gasteiger partial charge in [0.2, 0.25) is 0 Å². The van der Waals surface area contributed by atoms with Gasteiger partial charge < -0.3 is 0 Å². The fraction of sp³-hybridized carbons (Fsp3) is 0.400. The van der Waals surface area contributed by atoms with E-state index in [0.717, 1.165) is 29.7 Å². The number of nitrogens with zero attached hydrogens (tertiary/aromatic N) is 1. The van der Waals surface area contributed by atoms with Gasteiger partial charge in [0.1, 0.15) is 0 Å². The van der Waals surface area contributed by atoms with Gasteiger partial charge in [0.25, 0.3) is 0 Å². The van der Waals surface area contributed by atoms with Crippen molar-refractivity contribution >= 4 is 5.78 Å². The van der Waals surface area contributed by atoms with E-state index >= 15 is 0 Å². The van der Waals surface area contributed by atoms with Crippen LogP contribution in [0.1, 0.15) is 34.5 Å². The molecule has 2 heteroatoms. The molecule has 0 aliphatic heterocycles. The number of carbonyl (C=O) groups is 1. The van der Waals surface area contributed by atoms with E-state index in [9.17, 15) is 4.79 Å². The Labute approximate surface area is 71.6 Å². The summed E-state index contributed by atoms with van der Waals surface area (Å²) in [5.41, 5.74) is 2.94. The SMILES string of the molecule is Cc1ccnc2c1C(=O)CCC2. The molecule has 0 radical (unpaired) electrons. The Morgan fingerprint density at radius 2 is 2.25 bits per heavy atom. The molecule has 0 unspecified atom stereocenters. The molecule has 0 fully saturated rings. The second-order valence-corrected chi connectivity index (χ2v) is 3.23. The molecule has 0 N–H and O–H groups in total. The Morgan fingerprint density at radius 3 is 3.00 bits per heavy atom. The zero-order chi connectivity index (χ0) is 8.55. The first-order valence-electron chi connectivity index (χ1n) is 4.27. The molecular formula is C10H11NO. The molecule has 2 nitrogen and oxygen atoms in total. The van der Waals surface area contributed by atoms with Crippen molar-refractivity contribution in [3.05, 3.63) is 29.1 Å². The summed E-state index contributed by atoms with van der Waals surface area (Å²) < 4.78 is 0. The normalized spacial score (nSPS) is 15.9. The minimum Gasteiger partial charge on any atom is -0.294 e. The second kappa shape index (κ2) is 2.70. The topological polar surface area (TPSA) is 30.0 Å². The average Bonchev–Trinajstić information content (AvgIpc) is 2.04. The Bertz CT molecular complexity index is 331. The molecule has 0 aromatic carbocycles. The first-order chi connectivity index (χ1) is 5.79. The lowest BCUT2D eigenvalue weighted by Gasteiger charge is -2.14. The first-order valence-corrected chi connectivity index (χ1v) is 4.27. The summed E-state index contributed by atoms with van der Waals surface area (Å²) in [5, 5.41) is 0. The average molecular weight is 161 g/mol. The van der Waals surface area contributed by atoms with Crippen molar-refractivity contribution in [3.63, 3.8) is 0 Å². The molecule has 0 saturated heterocycles. The molecule has 1 aliphatic rings. The summed E-state index contributed by atoms with van der Waals surface area (Å²) in [6, 6.07) is 1.90. The predicted octanol–water partition coefficient (Wildman–Crippen LogP) is 1.91. The van der Waals surface area contributed by atoms with Crippen LogP contribution >= 0.6 is 0 Å². The van der Waals surface area contributed by atoms with E-state index in [1.54, 1.807) is 6.20 Å². The van der Waals surface area contributed by atoms with E-state index in [-0.39, 0.29) is 5.78 Å². The van der Waals surface area contributed by atoms with Gasteiger partial charge in [0.05, 0.1) is 5.69 Å². The van der Waals surface area contributed by atoms with Crippen LogP contribution in [-0.4, -0.2) is 10.8 Å². The minimum absolute atomic E-state index is 0.266. The Balaban J connectivity index is 2.60. The van der Waals surface area contributed by atoms with E-state index in [4.69, 9.17) is 0 Å². The van der Waals surface area contributed by atoms with Crippen molar-refractivity contribution in [2.45, 2.75) is 26.2 Å². The molecule has 0 spiro atoms. The highest BCUT2D eigenvalue weighted by Gasteiger charge is 2.19. The monoisotopic (exact) mass is 161 g/mol. The highest BCUT2D eigenvalue weighted by atomic mass is 16.1. The number of Topliss-reactive ketones (excluding diaryl/α,β-unsaturated/α-hetero) is 1. The van der Waals surface area contributed by atoms with Gasteiger partial charge in [-0.3, -0.25) is 9.78 Å². The van der Waals surface area contributed by atoms with E-state index in [1.807, 2.05) is 13.0 Å². The summed E-state index contributed by atoms with van der Waals surface area (Å²) in [6.45, 7) is 1.98. The number of aromatic nitrogens is 1. The fourth-order valence-corrected chi connectivity index (χ4v) is 1.73. The first kappa shape index (κ1) is 7.47. The van der Waals surface area contributed by atoms with Gasteiger partial charge >= 0.3 is 0 Å². The third-order valence-corrected chi connectivity index (χ3v) is 2.33. The highest BCUT2D eigenvalue weighted by Crippen LogP contribution is 2.21. The van der Waals surface area contributed by atoms with Crippen LogP contribution in [0.2, 0.25) is 0 Å². The van der Waals surface area contributed by atoms with Crippen LogP contribution in [0.4, 0.5) is 0 Å². The van der Waals surface area contributed by atoms with Crippen LogP contribution < -0.4 is 0 Å². The molecule has 0 atom stereocenters. The van der Waals surface area contributed by atoms with Gasteiger partial charge in [-0.2, -0.15) is 0 Å². The lowest BCUT2D eigenvalue weighted by Crippen LogP contribution is -2.13. The number of hydrogen-bond donors (Lipinski definition) is 0. The summed E-state index contributed by atoms with van der Waals surface area (Å²) in [7, 11) is 0. The summed E-state index contributed by atoms with van der Waals surface area (Å²) >= 11 is 0. The standard InChI is InChI=1S/C10H11NO/c1-7-5-6-11-8-3-2-4-9(12)10(7)8/h5-6H,2-4H2,1H3. The van der Waals surface area contributed by atoms with Crippen LogP contribution in [0.3, 0.4) is 0 Å². The number of hydrogen-bond acceptors (Lipinski definition) is 2. The Morgan fingerprint density at radius 1 is 1.42 bits per heavy atom. The van der Waals surface area contributed by atoms with Crippen molar-refractivity contribution in [2.24, 2.45) is 0 Å². The summed E-state index contributed by atoms with van der Waals surface area (Å²) in [6.07, 6.45) is 4.40. The van der Waals surface area contributed by atoms with Gasteiger partial charge in [-0.25, -0.2) is 0 Å². The van der Waals surface area contributed by atoms with Gasteiger partial charge in [0, 0.05) is 18.2 Å². The lowest BCUT2D eigenvalue weighted by molar-refractivity contribution is 0.0971. The van der Waals surface area contributed by atoms with Gasteiger partial charge in [-0.1, -0.05) is 0 Å². The quantitative estimate of drug-likeness (QED) is 0.581. The second-order valence-electron chi connectivity index (χ2n) is 3.23. The molecule has 1 heterocycles. The van der Waals surface area contributed by atoms with E-state index in [1.165, 1.54) is 0 Å². The zero-order valence-electron chi connectivity index (χ0n) is 7.13. The van der Waals surface area contributed by atoms with Crippen molar-refractivity contribution in [2.75, 3.05) is 0 Å². The Hall–Kier alpha value is -1.18. The number of pyridine rings is 1. The Kier molecular flexibility index (Phi) is 1.68. The molecule has 1 aliphatic carbocycles. The number of fused-ring (bicyclic) bond motifs is 1. The van der Waals surface area contributed by atoms with Crippen molar-refractivity contribution in [3.8, 4) is 0 Å². The maximum Gasteiger partial charge on any atom is 0.164 e. The number of rotatable bonds is 0. The van der Waals surface area contributed by atoms with Crippen molar-refractivity contribution < 1.29 is 4.79 Å². The molecule has 2 rings (SSSR count). The van der Waals surface area contributed by atoms with Crippen molar-refractivity contribution in [1.29, 1.82) is 0 Å². The van der Waals surface area contributed by atoms with Crippen LogP contribution in [0, 0.1) is 6.92 Å². The van der Waals surface area contributed by atoms with E-state index < -0.39 is 0 Å². The van der Waals surface area contributed by atoms with Gasteiger partial charge in [-0.05, 0) is 31.4 Å². The van der Waals surface area contributed by atoms with Gasteiger partial charge in [-0.15, -0.1) is 0 Å². The van der Waals surface area contributed by atoms with Crippen molar-refractivity contribution in [1.82, 2.24) is 4.98 Å². The number of ketones is 1.